The summed E-state index contributed by atoms with van der Waals surface area (Å²) < 4.78 is 0. The van der Waals surface area contributed by atoms with E-state index in [4.69, 9.17) is 0 Å². The summed E-state index contributed by atoms with van der Waals surface area (Å²) in [6, 6.07) is -0.321. The maximum absolute atomic E-state index is 13.4. The van der Waals surface area contributed by atoms with E-state index in [9.17, 15) is 9.59 Å². The molecule has 56 heavy (non-hydrogen) atoms. The fraction of sp³-hybridized carbons (Fsp3) is 0.385. The molecule has 0 bridgehead atoms. The molecule has 2 aliphatic carbocycles. The maximum Gasteiger partial charge on any atom is 0.176 e. The summed E-state index contributed by atoms with van der Waals surface area (Å²) in [6.07, 6.45) is 38.2. The summed E-state index contributed by atoms with van der Waals surface area (Å²) in [5, 5.41) is 0. The van der Waals surface area contributed by atoms with Crippen molar-refractivity contribution in [2.75, 3.05) is 26.2 Å². The highest BCUT2D eigenvalue weighted by atomic mass is 16.1. The van der Waals surface area contributed by atoms with Crippen LogP contribution >= 0.6 is 0 Å². The first-order valence-corrected chi connectivity index (χ1v) is 19.9. The van der Waals surface area contributed by atoms with E-state index in [0.717, 1.165) is 57.4 Å². The number of carbonyl (C=O) groups is 2. The zero-order chi connectivity index (χ0) is 42.1. The Labute approximate surface area is 341 Å². The highest BCUT2D eigenvalue weighted by Gasteiger charge is 2.41. The minimum Gasteiger partial charge on any atom is -0.293 e. The molecular weight excluding hydrogens is 685 g/mol. The van der Waals surface area contributed by atoms with Gasteiger partial charge >= 0.3 is 0 Å². The molecule has 0 heterocycles. The summed E-state index contributed by atoms with van der Waals surface area (Å²) in [6.45, 7) is 39.3. The van der Waals surface area contributed by atoms with Crippen LogP contribution in [0.4, 0.5) is 0 Å². The largest absolute Gasteiger partial charge is 0.293 e. The topological polar surface area (TPSA) is 40.6 Å². The molecular formula is C52H70N2O2. The number of carbonyl (C=O) groups excluding carboxylic acids is 2. The van der Waals surface area contributed by atoms with Crippen molar-refractivity contribution in [1.29, 1.82) is 0 Å². The van der Waals surface area contributed by atoms with Crippen molar-refractivity contribution < 1.29 is 9.59 Å². The van der Waals surface area contributed by atoms with Crippen LogP contribution in [0.25, 0.3) is 0 Å². The SMILES string of the molecule is C=CCN(CC=C)C1CC(C)(C)C(/C=C/C(C)=C/C=C/C(C)=C/C=C/C=C(C)/C=C/C=C(C)/C=C/C2=C(C)C(=O)C(N(CC=C)CC=C)CC2(C)C)=C(C)C1=O. The van der Waals surface area contributed by atoms with Gasteiger partial charge in [0.2, 0.25) is 0 Å². The van der Waals surface area contributed by atoms with Crippen molar-refractivity contribution in [2.45, 2.75) is 94.2 Å². The quantitative estimate of drug-likeness (QED) is 0.0917. The number of rotatable bonds is 20. The number of hydrogen-bond acceptors (Lipinski definition) is 4. The van der Waals surface area contributed by atoms with Gasteiger partial charge in [-0.05, 0) is 87.5 Å². The molecule has 0 aromatic carbocycles. The average molecular weight is 755 g/mol. The monoisotopic (exact) mass is 755 g/mol. The Morgan fingerprint density at radius 1 is 0.536 bits per heavy atom. The van der Waals surface area contributed by atoms with Gasteiger partial charge in [-0.3, -0.25) is 19.4 Å². The van der Waals surface area contributed by atoms with E-state index < -0.39 is 0 Å². The molecule has 0 N–H and O–H groups in total. The lowest BCUT2D eigenvalue weighted by molar-refractivity contribution is -0.122. The van der Waals surface area contributed by atoms with E-state index in [1.165, 1.54) is 0 Å². The van der Waals surface area contributed by atoms with Crippen LogP contribution < -0.4 is 0 Å². The minimum atomic E-state index is -0.160. The predicted octanol–water partition coefficient (Wildman–Crippen LogP) is 12.3. The van der Waals surface area contributed by atoms with E-state index in [0.29, 0.717) is 26.2 Å². The fourth-order valence-electron chi connectivity index (χ4n) is 7.53. The summed E-state index contributed by atoms with van der Waals surface area (Å²) in [4.78, 5) is 31.1. The first-order chi connectivity index (χ1) is 26.4. The van der Waals surface area contributed by atoms with Gasteiger partial charge < -0.3 is 0 Å². The molecule has 2 aliphatic rings. The summed E-state index contributed by atoms with van der Waals surface area (Å²) in [5.41, 5.74) is 8.14. The van der Waals surface area contributed by atoms with Crippen molar-refractivity contribution in [3.8, 4) is 0 Å². The third kappa shape index (κ3) is 14.1. The van der Waals surface area contributed by atoms with Crippen LogP contribution in [0.5, 0.6) is 0 Å². The van der Waals surface area contributed by atoms with Crippen molar-refractivity contribution in [3.05, 3.63) is 180 Å². The van der Waals surface area contributed by atoms with Gasteiger partial charge in [-0.15, -0.1) is 26.3 Å². The Bertz CT molecular complexity index is 1670. The summed E-state index contributed by atoms with van der Waals surface area (Å²) in [7, 11) is 0. The molecule has 0 saturated carbocycles. The van der Waals surface area contributed by atoms with Crippen molar-refractivity contribution in [1.82, 2.24) is 9.80 Å². The van der Waals surface area contributed by atoms with Crippen LogP contribution in [0.2, 0.25) is 0 Å². The van der Waals surface area contributed by atoms with E-state index >= 15 is 0 Å². The second-order valence-corrected chi connectivity index (χ2v) is 16.5. The third-order valence-electron chi connectivity index (χ3n) is 10.6. The molecule has 0 amide bonds. The minimum absolute atomic E-state index is 0.129. The molecule has 0 aliphatic heterocycles. The lowest BCUT2D eigenvalue weighted by Gasteiger charge is -2.41. The van der Waals surface area contributed by atoms with Crippen molar-refractivity contribution in [2.24, 2.45) is 10.8 Å². The molecule has 0 spiro atoms. The van der Waals surface area contributed by atoms with E-state index in [-0.39, 0.29) is 34.5 Å². The Morgan fingerprint density at radius 3 is 1.12 bits per heavy atom. The van der Waals surface area contributed by atoms with Crippen molar-refractivity contribution in [3.63, 3.8) is 0 Å². The van der Waals surface area contributed by atoms with Gasteiger partial charge in [0.15, 0.2) is 11.6 Å². The van der Waals surface area contributed by atoms with Crippen LogP contribution in [0.15, 0.2) is 180 Å². The van der Waals surface area contributed by atoms with E-state index in [2.05, 4.69) is 177 Å². The standard InChI is InChI=1S/C52H70N2O2/c1-15-33-53(34-16-2)47-37-51(11,12)45(43(9)49(47)55)31-29-41(7)27-21-25-39(5)23-19-20-24-40(6)26-22-28-42(8)30-32-46-44(10)50(56)48(38-52(46,13)14)54(35-17-3)36-18-4/h15-32,47-48H,1-4,33-38H2,5-14H3/b20-19+,25-21+,26-22+,31-29+,32-30+,39-23+,40-24+,41-27+,42-28+. The first-order valence-electron chi connectivity index (χ1n) is 19.9. The summed E-state index contributed by atoms with van der Waals surface area (Å²) >= 11 is 0. The van der Waals surface area contributed by atoms with Gasteiger partial charge in [-0.2, -0.15) is 0 Å². The molecule has 0 aromatic rings. The van der Waals surface area contributed by atoms with Crippen LogP contribution in [0.3, 0.4) is 0 Å². The van der Waals surface area contributed by atoms with Gasteiger partial charge in [-0.1, -0.05) is 159 Å². The molecule has 2 atom stereocenters. The number of allylic oxidation sites excluding steroid dienone is 20. The number of ketones is 2. The van der Waals surface area contributed by atoms with Gasteiger partial charge in [0.1, 0.15) is 0 Å². The highest BCUT2D eigenvalue weighted by molar-refractivity contribution is 6.02. The highest BCUT2D eigenvalue weighted by Crippen LogP contribution is 2.42. The van der Waals surface area contributed by atoms with Crippen molar-refractivity contribution >= 4 is 11.6 Å². The Hall–Kier alpha value is -4.64. The lowest BCUT2D eigenvalue weighted by atomic mass is 9.69. The Morgan fingerprint density at radius 2 is 0.821 bits per heavy atom. The van der Waals surface area contributed by atoms with Gasteiger partial charge in [0.05, 0.1) is 12.1 Å². The van der Waals surface area contributed by atoms with Crippen LogP contribution in [0.1, 0.15) is 82.1 Å². The molecule has 2 rings (SSSR count). The van der Waals surface area contributed by atoms with Crippen LogP contribution in [-0.4, -0.2) is 59.6 Å². The average Bonchev–Trinajstić information content (AvgIpc) is 3.12. The fourth-order valence-corrected chi connectivity index (χ4v) is 7.53. The molecule has 4 nitrogen and oxygen atoms in total. The van der Waals surface area contributed by atoms with Gasteiger partial charge in [-0.25, -0.2) is 0 Å². The van der Waals surface area contributed by atoms with Crippen LogP contribution in [-0.2, 0) is 9.59 Å². The second-order valence-electron chi connectivity index (χ2n) is 16.5. The lowest BCUT2D eigenvalue weighted by Crippen LogP contribution is -2.47. The zero-order valence-electron chi connectivity index (χ0n) is 36.3. The number of Topliss-reactive ketones (excluding diaryl/α,β-unsaturated/α-hetero) is 2. The first kappa shape index (κ1) is 47.5. The molecule has 4 heteroatoms. The van der Waals surface area contributed by atoms with Gasteiger partial charge in [0, 0.05) is 26.2 Å². The molecule has 0 fully saturated rings. The number of nitrogens with zero attached hydrogens (tertiary/aromatic N) is 2. The molecule has 300 valence electrons. The Balaban J connectivity index is 2.03. The molecule has 0 radical (unpaired) electrons. The van der Waals surface area contributed by atoms with E-state index in [1.807, 2.05) is 38.2 Å². The predicted molar refractivity (Wildman–Crippen MR) is 244 cm³/mol. The van der Waals surface area contributed by atoms with E-state index in [1.54, 1.807) is 0 Å². The molecule has 2 unspecified atom stereocenters. The number of hydrogen-bond donors (Lipinski definition) is 0. The molecule has 0 saturated heterocycles. The Kier molecular flexibility index (Phi) is 19.3. The zero-order valence-corrected chi connectivity index (χ0v) is 36.3. The summed E-state index contributed by atoms with van der Waals surface area (Å²) in [5.74, 6) is 0.384. The normalized spacial score (nSPS) is 21.7. The maximum atomic E-state index is 13.4. The van der Waals surface area contributed by atoms with Crippen LogP contribution in [0, 0.1) is 10.8 Å². The second kappa shape index (κ2) is 22.8. The smallest absolute Gasteiger partial charge is 0.176 e. The third-order valence-corrected chi connectivity index (χ3v) is 10.6. The van der Waals surface area contributed by atoms with Gasteiger partial charge in [0.25, 0.3) is 0 Å². The molecule has 0 aromatic heterocycles.